The van der Waals surface area contributed by atoms with E-state index < -0.39 is 30.7 Å². The van der Waals surface area contributed by atoms with Gasteiger partial charge in [0, 0.05) is 13.2 Å². The maximum atomic E-state index is 12.7. The molecule has 0 atom stereocenters. The Hall–Kier alpha value is -1.03. The molecule has 0 aliphatic carbocycles. The summed E-state index contributed by atoms with van der Waals surface area (Å²) in [5.41, 5.74) is -0.677. The molecule has 1 aromatic carbocycles. The third kappa shape index (κ3) is 5.34. The summed E-state index contributed by atoms with van der Waals surface area (Å²) in [4.78, 5) is -0.738. The van der Waals surface area contributed by atoms with Gasteiger partial charge in [-0.15, -0.1) is 3.89 Å². The van der Waals surface area contributed by atoms with Crippen LogP contribution in [0.5, 0.6) is 0 Å². The van der Waals surface area contributed by atoms with Crippen molar-refractivity contribution in [1.82, 2.24) is 4.72 Å². The smallest absolute Gasteiger partial charge is 0.332 e. The molecule has 120 valence electrons. The molecule has 0 aromatic heterocycles. The molecular formula is C12H18FNO5S2. The molecule has 0 amide bonds. The minimum absolute atomic E-state index is 0.0480. The Morgan fingerprint density at radius 2 is 1.57 bits per heavy atom. The van der Waals surface area contributed by atoms with Gasteiger partial charge in [-0.3, -0.25) is 0 Å². The lowest BCUT2D eigenvalue weighted by Gasteiger charge is -2.24. The second kappa shape index (κ2) is 6.39. The van der Waals surface area contributed by atoms with Crippen LogP contribution in [-0.2, 0) is 25.0 Å². The van der Waals surface area contributed by atoms with E-state index in [9.17, 15) is 20.7 Å². The van der Waals surface area contributed by atoms with E-state index in [1.54, 1.807) is 20.8 Å². The number of halogens is 1. The zero-order valence-electron chi connectivity index (χ0n) is 12.0. The first-order chi connectivity index (χ1) is 9.48. The third-order valence-electron chi connectivity index (χ3n) is 2.64. The van der Waals surface area contributed by atoms with Crippen LogP contribution in [-0.4, -0.2) is 35.6 Å². The number of benzene rings is 1. The van der Waals surface area contributed by atoms with Crippen molar-refractivity contribution in [3.8, 4) is 0 Å². The van der Waals surface area contributed by atoms with E-state index >= 15 is 0 Å². The van der Waals surface area contributed by atoms with Gasteiger partial charge >= 0.3 is 10.2 Å². The largest absolute Gasteiger partial charge is 0.375 e. The van der Waals surface area contributed by atoms with E-state index in [1.807, 2.05) is 0 Å². The van der Waals surface area contributed by atoms with Gasteiger partial charge in [0.25, 0.3) is 0 Å². The van der Waals surface area contributed by atoms with Gasteiger partial charge < -0.3 is 4.74 Å². The van der Waals surface area contributed by atoms with Gasteiger partial charge in [0.05, 0.1) is 15.4 Å². The van der Waals surface area contributed by atoms with E-state index in [4.69, 9.17) is 4.74 Å². The van der Waals surface area contributed by atoms with Crippen molar-refractivity contribution in [3.05, 3.63) is 24.3 Å². The van der Waals surface area contributed by atoms with Gasteiger partial charge in [-0.2, -0.15) is 8.42 Å². The minimum atomic E-state index is -4.84. The van der Waals surface area contributed by atoms with E-state index in [1.165, 1.54) is 0 Å². The first-order valence-corrected chi connectivity index (χ1v) is 9.03. The molecule has 1 N–H and O–H groups in total. The quantitative estimate of drug-likeness (QED) is 0.759. The maximum absolute atomic E-state index is 12.7. The first-order valence-electron chi connectivity index (χ1n) is 6.16. The first kappa shape index (κ1) is 18.0. The summed E-state index contributed by atoms with van der Waals surface area (Å²) in [6.45, 7) is 5.76. The summed E-state index contributed by atoms with van der Waals surface area (Å²) in [5, 5.41) is 0. The molecule has 0 saturated carbocycles. The van der Waals surface area contributed by atoms with Gasteiger partial charge in [0.2, 0.25) is 10.0 Å². The van der Waals surface area contributed by atoms with Crippen LogP contribution < -0.4 is 4.72 Å². The van der Waals surface area contributed by atoms with Crippen LogP contribution in [0.4, 0.5) is 3.89 Å². The van der Waals surface area contributed by atoms with E-state index in [0.717, 1.165) is 24.3 Å². The third-order valence-corrected chi connectivity index (χ3v) is 4.89. The summed E-state index contributed by atoms with van der Waals surface area (Å²) < 4.78 is 65.9. The number of nitrogens with one attached hydrogen (secondary N) is 1. The molecule has 0 saturated heterocycles. The Balaban J connectivity index is 2.89. The summed E-state index contributed by atoms with van der Waals surface area (Å²) in [7, 11) is -8.66. The van der Waals surface area contributed by atoms with Crippen molar-refractivity contribution in [2.24, 2.45) is 0 Å². The number of hydrogen-bond acceptors (Lipinski definition) is 5. The number of hydrogen-bond donors (Lipinski definition) is 1. The highest BCUT2D eigenvalue weighted by molar-refractivity contribution is 7.89. The van der Waals surface area contributed by atoms with Crippen molar-refractivity contribution in [2.45, 2.75) is 36.2 Å². The van der Waals surface area contributed by atoms with Gasteiger partial charge in [0.1, 0.15) is 0 Å². The topological polar surface area (TPSA) is 89.5 Å². The highest BCUT2D eigenvalue weighted by atomic mass is 32.3. The second-order valence-electron chi connectivity index (χ2n) is 4.93. The molecule has 0 radical (unpaired) electrons. The molecule has 21 heavy (non-hydrogen) atoms. The predicted molar refractivity (Wildman–Crippen MR) is 75.6 cm³/mol. The van der Waals surface area contributed by atoms with Crippen LogP contribution in [0.3, 0.4) is 0 Å². The Morgan fingerprint density at radius 3 is 2.00 bits per heavy atom. The fourth-order valence-corrected chi connectivity index (χ4v) is 3.24. The van der Waals surface area contributed by atoms with Crippen molar-refractivity contribution in [3.63, 3.8) is 0 Å². The summed E-state index contributed by atoms with van der Waals surface area (Å²) in [5.74, 6) is 0. The molecule has 0 aliphatic rings. The average molecular weight is 339 g/mol. The lowest BCUT2D eigenvalue weighted by Crippen LogP contribution is -2.40. The highest BCUT2D eigenvalue weighted by Crippen LogP contribution is 2.17. The number of ether oxygens (including phenoxy) is 1. The zero-order chi connectivity index (χ0) is 16.3. The van der Waals surface area contributed by atoms with Crippen molar-refractivity contribution >= 4 is 20.2 Å². The van der Waals surface area contributed by atoms with Gasteiger partial charge in [-0.25, -0.2) is 13.1 Å². The molecule has 0 heterocycles. The lowest BCUT2D eigenvalue weighted by molar-refractivity contribution is -0.00515. The lowest BCUT2D eigenvalue weighted by atomic mass is 10.1. The van der Waals surface area contributed by atoms with Crippen LogP contribution in [0.1, 0.15) is 20.8 Å². The van der Waals surface area contributed by atoms with Crippen LogP contribution in [0.2, 0.25) is 0 Å². The predicted octanol–water partition coefficient (Wildman–Crippen LogP) is 1.44. The molecule has 1 aromatic rings. The molecule has 0 spiro atoms. The molecule has 0 fully saturated rings. The van der Waals surface area contributed by atoms with Crippen LogP contribution >= 0.6 is 0 Å². The zero-order valence-corrected chi connectivity index (χ0v) is 13.6. The molecule has 0 unspecified atom stereocenters. The standard InChI is InChI=1S/C12H18FNO5S2/c1-4-19-12(2,3)9-14-21(17,18)11-7-5-10(6-8-11)20(13,15)16/h5-8,14H,4,9H2,1-3H3. The molecule has 9 heteroatoms. The summed E-state index contributed by atoms with van der Waals surface area (Å²) >= 11 is 0. The average Bonchev–Trinajstić information content (AvgIpc) is 2.36. The maximum Gasteiger partial charge on any atom is 0.332 e. The van der Waals surface area contributed by atoms with E-state index in [2.05, 4.69) is 4.72 Å². The van der Waals surface area contributed by atoms with Crippen LogP contribution in [0.25, 0.3) is 0 Å². The van der Waals surface area contributed by atoms with Gasteiger partial charge in [-0.1, -0.05) is 0 Å². The Kier molecular flexibility index (Phi) is 5.48. The number of sulfonamides is 1. The Labute approximate surface area is 124 Å². The second-order valence-corrected chi connectivity index (χ2v) is 8.04. The fourth-order valence-electron chi connectivity index (χ4n) is 1.58. The van der Waals surface area contributed by atoms with E-state index in [0.29, 0.717) is 6.61 Å². The Morgan fingerprint density at radius 1 is 1.10 bits per heavy atom. The molecule has 6 nitrogen and oxygen atoms in total. The highest BCUT2D eigenvalue weighted by Gasteiger charge is 2.23. The molecule has 1 rings (SSSR count). The van der Waals surface area contributed by atoms with Crippen molar-refractivity contribution < 1.29 is 25.5 Å². The molecular weight excluding hydrogens is 321 g/mol. The SMILES string of the molecule is CCOC(C)(C)CNS(=O)(=O)c1ccc(S(=O)(=O)F)cc1. The summed E-state index contributed by atoms with van der Waals surface area (Å²) in [6, 6.07) is 3.86. The Bertz CT molecular complexity index is 681. The van der Waals surface area contributed by atoms with Gasteiger partial charge in [-0.05, 0) is 45.0 Å². The molecule has 0 bridgehead atoms. The minimum Gasteiger partial charge on any atom is -0.375 e. The fraction of sp³-hybridized carbons (Fsp3) is 0.500. The molecule has 0 aliphatic heterocycles. The van der Waals surface area contributed by atoms with Crippen LogP contribution in [0, 0.1) is 0 Å². The number of rotatable bonds is 7. The van der Waals surface area contributed by atoms with Crippen molar-refractivity contribution in [1.29, 1.82) is 0 Å². The van der Waals surface area contributed by atoms with Gasteiger partial charge in [0.15, 0.2) is 0 Å². The van der Waals surface area contributed by atoms with E-state index in [-0.39, 0.29) is 11.4 Å². The summed E-state index contributed by atoms with van der Waals surface area (Å²) in [6.07, 6.45) is 0. The normalized spacial score (nSPS) is 13.3. The monoisotopic (exact) mass is 339 g/mol. The van der Waals surface area contributed by atoms with Crippen LogP contribution in [0.15, 0.2) is 34.1 Å². The van der Waals surface area contributed by atoms with Crippen molar-refractivity contribution in [2.75, 3.05) is 13.2 Å².